The Kier molecular flexibility index (Phi) is 4.32. The maximum absolute atomic E-state index is 12.0. The van der Waals surface area contributed by atoms with E-state index in [1.54, 1.807) is 24.3 Å². The van der Waals surface area contributed by atoms with Crippen molar-refractivity contribution in [3.63, 3.8) is 0 Å². The maximum Gasteiger partial charge on any atom is 0.319 e. The van der Waals surface area contributed by atoms with Crippen LogP contribution in [0.25, 0.3) is 0 Å². The summed E-state index contributed by atoms with van der Waals surface area (Å²) in [5.41, 5.74) is 0.809. The minimum Gasteiger partial charge on any atom is -0.335 e. The summed E-state index contributed by atoms with van der Waals surface area (Å²) in [6.45, 7) is 6.17. The van der Waals surface area contributed by atoms with Gasteiger partial charge in [-0.2, -0.15) is 0 Å². The molecule has 1 heterocycles. The molecule has 2 rings (SSSR count). The van der Waals surface area contributed by atoms with E-state index in [2.05, 4.69) is 29.8 Å². The molecular formula is C14H20ClN3O. The van der Waals surface area contributed by atoms with Gasteiger partial charge >= 0.3 is 6.03 Å². The first-order chi connectivity index (χ1) is 8.97. The van der Waals surface area contributed by atoms with Gasteiger partial charge in [0.05, 0.1) is 0 Å². The molecule has 0 bridgehead atoms. The van der Waals surface area contributed by atoms with Crippen LogP contribution in [0.5, 0.6) is 0 Å². The minimum atomic E-state index is -0.165. The molecule has 1 aromatic carbocycles. The minimum absolute atomic E-state index is 0.0651. The maximum atomic E-state index is 12.0. The third kappa shape index (κ3) is 3.85. The first-order valence-electron chi connectivity index (χ1n) is 6.51. The summed E-state index contributed by atoms with van der Waals surface area (Å²) in [4.78, 5) is 12.0. The van der Waals surface area contributed by atoms with Crippen LogP contribution in [0.1, 0.15) is 20.3 Å². The molecule has 3 N–H and O–H groups in total. The smallest absolute Gasteiger partial charge is 0.319 e. The Balaban J connectivity index is 1.92. The molecule has 2 amide bonds. The van der Waals surface area contributed by atoms with Crippen LogP contribution in [0.15, 0.2) is 24.3 Å². The molecule has 0 aromatic heterocycles. The van der Waals surface area contributed by atoms with Gasteiger partial charge in [0.15, 0.2) is 0 Å². The second-order valence-corrected chi connectivity index (χ2v) is 6.05. The summed E-state index contributed by atoms with van der Waals surface area (Å²) in [6.07, 6.45) is 0.945. The Morgan fingerprint density at radius 2 is 2.05 bits per heavy atom. The molecule has 4 nitrogen and oxygen atoms in total. The summed E-state index contributed by atoms with van der Waals surface area (Å²) in [7, 11) is 0. The van der Waals surface area contributed by atoms with Gasteiger partial charge in [-0.25, -0.2) is 4.79 Å². The van der Waals surface area contributed by atoms with Gasteiger partial charge in [-0.05, 0) is 42.6 Å². The van der Waals surface area contributed by atoms with Crippen molar-refractivity contribution >= 4 is 23.3 Å². The van der Waals surface area contributed by atoms with Gasteiger partial charge in [0.1, 0.15) is 0 Å². The van der Waals surface area contributed by atoms with Crippen LogP contribution >= 0.6 is 11.6 Å². The van der Waals surface area contributed by atoms with E-state index in [1.807, 2.05) is 0 Å². The first kappa shape index (κ1) is 14.2. The average molecular weight is 282 g/mol. The lowest BCUT2D eigenvalue weighted by molar-refractivity contribution is 0.184. The number of carbonyl (C=O) groups excluding carboxylic acids is 1. The fourth-order valence-corrected chi connectivity index (χ4v) is 2.42. The zero-order chi connectivity index (χ0) is 13.9. The summed E-state index contributed by atoms with van der Waals surface area (Å²) in [5.74, 6) is 0. The SMILES string of the molecule is CC1(C)CNCCC1NC(=O)Nc1ccc(Cl)cc1. The van der Waals surface area contributed by atoms with E-state index in [-0.39, 0.29) is 17.5 Å². The third-order valence-electron chi connectivity index (χ3n) is 3.54. The monoisotopic (exact) mass is 281 g/mol. The predicted molar refractivity (Wildman–Crippen MR) is 78.7 cm³/mol. The Hall–Kier alpha value is -1.26. The molecule has 1 unspecified atom stereocenters. The zero-order valence-electron chi connectivity index (χ0n) is 11.3. The molecular weight excluding hydrogens is 262 g/mol. The number of hydrogen-bond acceptors (Lipinski definition) is 2. The number of amides is 2. The van der Waals surface area contributed by atoms with Gasteiger partial charge in [-0.1, -0.05) is 25.4 Å². The number of urea groups is 1. The number of carbonyl (C=O) groups is 1. The second-order valence-electron chi connectivity index (χ2n) is 5.61. The van der Waals surface area contributed by atoms with E-state index in [9.17, 15) is 4.79 Å². The van der Waals surface area contributed by atoms with Gasteiger partial charge in [0.2, 0.25) is 0 Å². The largest absolute Gasteiger partial charge is 0.335 e. The Morgan fingerprint density at radius 1 is 1.37 bits per heavy atom. The molecule has 19 heavy (non-hydrogen) atoms. The quantitative estimate of drug-likeness (QED) is 0.781. The predicted octanol–water partition coefficient (Wildman–Crippen LogP) is 2.85. The van der Waals surface area contributed by atoms with E-state index in [0.29, 0.717) is 5.02 Å². The highest BCUT2D eigenvalue weighted by atomic mass is 35.5. The molecule has 1 fully saturated rings. The fraction of sp³-hybridized carbons (Fsp3) is 0.500. The molecule has 1 aliphatic heterocycles. The van der Waals surface area contributed by atoms with Gasteiger partial charge in [-0.3, -0.25) is 0 Å². The van der Waals surface area contributed by atoms with Gasteiger partial charge in [0.25, 0.3) is 0 Å². The van der Waals surface area contributed by atoms with E-state index < -0.39 is 0 Å². The molecule has 0 spiro atoms. The van der Waals surface area contributed by atoms with Crippen molar-refractivity contribution in [3.05, 3.63) is 29.3 Å². The summed E-state index contributed by atoms with van der Waals surface area (Å²) < 4.78 is 0. The molecule has 5 heteroatoms. The molecule has 1 atom stereocenters. The summed E-state index contributed by atoms with van der Waals surface area (Å²) >= 11 is 5.81. The van der Waals surface area contributed by atoms with E-state index in [4.69, 9.17) is 11.6 Å². The zero-order valence-corrected chi connectivity index (χ0v) is 12.1. The first-order valence-corrected chi connectivity index (χ1v) is 6.89. The standard InChI is InChI=1S/C14H20ClN3O/c1-14(2)9-16-8-7-12(14)18-13(19)17-11-5-3-10(15)4-6-11/h3-6,12,16H,7-9H2,1-2H3,(H2,17,18,19). The number of halogens is 1. The highest BCUT2D eigenvalue weighted by Gasteiger charge is 2.33. The lowest BCUT2D eigenvalue weighted by Gasteiger charge is -2.39. The number of hydrogen-bond donors (Lipinski definition) is 3. The van der Waals surface area contributed by atoms with Crippen molar-refractivity contribution in [1.82, 2.24) is 10.6 Å². The number of benzene rings is 1. The van der Waals surface area contributed by atoms with Crippen molar-refractivity contribution in [2.75, 3.05) is 18.4 Å². The average Bonchev–Trinajstić information content (AvgIpc) is 2.35. The van der Waals surface area contributed by atoms with Crippen LogP contribution in [0, 0.1) is 5.41 Å². The van der Waals surface area contributed by atoms with E-state index in [1.165, 1.54) is 0 Å². The van der Waals surface area contributed by atoms with Crippen molar-refractivity contribution in [1.29, 1.82) is 0 Å². The van der Waals surface area contributed by atoms with Gasteiger partial charge in [0, 0.05) is 23.3 Å². The van der Waals surface area contributed by atoms with Crippen molar-refractivity contribution in [3.8, 4) is 0 Å². The molecule has 0 saturated carbocycles. The highest BCUT2D eigenvalue weighted by Crippen LogP contribution is 2.25. The third-order valence-corrected chi connectivity index (χ3v) is 3.79. The molecule has 1 aromatic rings. The van der Waals surface area contributed by atoms with Crippen LogP contribution in [-0.4, -0.2) is 25.2 Å². The second kappa shape index (κ2) is 5.80. The van der Waals surface area contributed by atoms with Crippen LogP contribution in [0.4, 0.5) is 10.5 Å². The van der Waals surface area contributed by atoms with Crippen LogP contribution < -0.4 is 16.0 Å². The Morgan fingerprint density at radius 3 is 2.68 bits per heavy atom. The van der Waals surface area contributed by atoms with Crippen molar-refractivity contribution in [2.45, 2.75) is 26.3 Å². The van der Waals surface area contributed by atoms with Crippen molar-refractivity contribution < 1.29 is 4.79 Å². The van der Waals surface area contributed by atoms with Crippen LogP contribution in [-0.2, 0) is 0 Å². The number of piperidine rings is 1. The molecule has 0 radical (unpaired) electrons. The van der Waals surface area contributed by atoms with Gasteiger partial charge in [-0.15, -0.1) is 0 Å². The number of nitrogens with one attached hydrogen (secondary N) is 3. The number of rotatable bonds is 2. The number of anilines is 1. The van der Waals surface area contributed by atoms with E-state index in [0.717, 1.165) is 25.2 Å². The molecule has 1 saturated heterocycles. The topological polar surface area (TPSA) is 53.2 Å². The van der Waals surface area contributed by atoms with Crippen LogP contribution in [0.3, 0.4) is 0 Å². The lowest BCUT2D eigenvalue weighted by atomic mass is 9.80. The van der Waals surface area contributed by atoms with Crippen LogP contribution in [0.2, 0.25) is 5.02 Å². The van der Waals surface area contributed by atoms with E-state index >= 15 is 0 Å². The molecule has 104 valence electrons. The Bertz CT molecular complexity index is 445. The lowest BCUT2D eigenvalue weighted by Crippen LogP contribution is -2.55. The molecule has 1 aliphatic rings. The highest BCUT2D eigenvalue weighted by molar-refractivity contribution is 6.30. The summed E-state index contributed by atoms with van der Waals surface area (Å²) in [5, 5.41) is 9.88. The van der Waals surface area contributed by atoms with Crippen molar-refractivity contribution in [2.24, 2.45) is 5.41 Å². The Labute approximate surface area is 118 Å². The fourth-order valence-electron chi connectivity index (χ4n) is 2.30. The van der Waals surface area contributed by atoms with Gasteiger partial charge < -0.3 is 16.0 Å². The normalized spacial score (nSPS) is 21.7. The summed E-state index contributed by atoms with van der Waals surface area (Å²) in [6, 6.07) is 7.10. The molecule has 0 aliphatic carbocycles.